The summed E-state index contributed by atoms with van der Waals surface area (Å²) in [7, 11) is -3.56. The van der Waals surface area contributed by atoms with E-state index in [2.05, 4.69) is 5.32 Å². The van der Waals surface area contributed by atoms with Crippen LogP contribution in [0.15, 0.2) is 23.1 Å². The van der Waals surface area contributed by atoms with Gasteiger partial charge >= 0.3 is 0 Å². The van der Waals surface area contributed by atoms with Gasteiger partial charge in [0.05, 0.1) is 4.90 Å². The topological polar surface area (TPSA) is 92.5 Å². The summed E-state index contributed by atoms with van der Waals surface area (Å²) in [4.78, 5) is 13.0. The molecule has 6 nitrogen and oxygen atoms in total. The predicted molar refractivity (Wildman–Crippen MR) is 113 cm³/mol. The summed E-state index contributed by atoms with van der Waals surface area (Å²) < 4.78 is 27.6. The van der Waals surface area contributed by atoms with E-state index in [1.807, 2.05) is 0 Å². The Morgan fingerprint density at radius 3 is 2.50 bits per heavy atom. The zero-order chi connectivity index (χ0) is 19.4. The zero-order valence-corrected chi connectivity index (χ0v) is 18.2. The summed E-state index contributed by atoms with van der Waals surface area (Å²) >= 11 is 0. The Morgan fingerprint density at radius 2 is 1.82 bits per heavy atom. The highest BCUT2D eigenvalue weighted by Gasteiger charge is 2.29. The SMILES string of the molecule is Cc1ccc(C(=O)NC2CCCCC2CN)cc1S(=O)(=O)N1CCCCC1.Cl. The van der Waals surface area contributed by atoms with E-state index < -0.39 is 10.0 Å². The molecular formula is C20H32ClN3O3S. The van der Waals surface area contributed by atoms with E-state index in [1.54, 1.807) is 23.4 Å². The highest BCUT2D eigenvalue weighted by atomic mass is 35.5. The molecule has 1 aromatic rings. The molecule has 0 aromatic heterocycles. The average Bonchev–Trinajstić information content (AvgIpc) is 2.69. The Bertz CT molecular complexity index is 779. The van der Waals surface area contributed by atoms with Crippen molar-refractivity contribution in [3.8, 4) is 0 Å². The maximum absolute atomic E-state index is 13.0. The second kappa shape index (κ2) is 10.1. The Hall–Kier alpha value is -1.15. The van der Waals surface area contributed by atoms with Crippen LogP contribution in [0.3, 0.4) is 0 Å². The Kier molecular flexibility index (Phi) is 8.30. The van der Waals surface area contributed by atoms with E-state index in [0.29, 0.717) is 36.7 Å². The Balaban J connectivity index is 0.00000280. The molecule has 2 aliphatic rings. The van der Waals surface area contributed by atoms with E-state index in [0.717, 1.165) is 44.9 Å². The van der Waals surface area contributed by atoms with Gasteiger partial charge in [-0.3, -0.25) is 4.79 Å². The number of carbonyl (C=O) groups excluding carboxylic acids is 1. The van der Waals surface area contributed by atoms with E-state index in [9.17, 15) is 13.2 Å². The monoisotopic (exact) mass is 429 g/mol. The van der Waals surface area contributed by atoms with Crippen LogP contribution >= 0.6 is 12.4 Å². The van der Waals surface area contributed by atoms with Gasteiger partial charge in [0.25, 0.3) is 5.91 Å². The number of hydrogen-bond acceptors (Lipinski definition) is 4. The molecule has 0 radical (unpaired) electrons. The molecule has 8 heteroatoms. The lowest BCUT2D eigenvalue weighted by atomic mass is 9.84. The number of aryl methyl sites for hydroxylation is 1. The number of nitrogens with two attached hydrogens (primary N) is 1. The van der Waals surface area contributed by atoms with E-state index >= 15 is 0 Å². The Morgan fingerprint density at radius 1 is 1.14 bits per heavy atom. The number of carbonyl (C=O) groups is 1. The molecule has 3 N–H and O–H groups in total. The quantitative estimate of drug-likeness (QED) is 0.752. The number of benzene rings is 1. The summed E-state index contributed by atoms with van der Waals surface area (Å²) in [5, 5.41) is 3.09. The van der Waals surface area contributed by atoms with Gasteiger partial charge in [-0.2, -0.15) is 4.31 Å². The fourth-order valence-electron chi connectivity index (χ4n) is 4.20. The van der Waals surface area contributed by atoms with Gasteiger partial charge in [-0.15, -0.1) is 12.4 Å². The minimum Gasteiger partial charge on any atom is -0.349 e. The predicted octanol–water partition coefficient (Wildman–Crippen LogP) is 2.84. The smallest absolute Gasteiger partial charge is 0.251 e. The molecule has 0 spiro atoms. The van der Waals surface area contributed by atoms with Crippen LogP contribution < -0.4 is 11.1 Å². The zero-order valence-electron chi connectivity index (χ0n) is 16.5. The van der Waals surface area contributed by atoms with Gasteiger partial charge in [0.15, 0.2) is 0 Å². The number of nitrogens with one attached hydrogen (secondary N) is 1. The van der Waals surface area contributed by atoms with Crippen molar-refractivity contribution in [3.05, 3.63) is 29.3 Å². The molecule has 158 valence electrons. The number of amides is 1. The number of sulfonamides is 1. The number of hydrogen-bond donors (Lipinski definition) is 2. The molecule has 2 atom stereocenters. The normalized spacial score (nSPS) is 23.6. The molecule has 3 rings (SSSR count). The molecule has 1 amide bonds. The van der Waals surface area contributed by atoms with Crippen LogP contribution in [0.5, 0.6) is 0 Å². The van der Waals surface area contributed by atoms with Crippen molar-refractivity contribution in [2.45, 2.75) is 62.8 Å². The minimum absolute atomic E-state index is 0. The maximum Gasteiger partial charge on any atom is 0.251 e. The molecule has 1 aliphatic heterocycles. The highest BCUT2D eigenvalue weighted by Crippen LogP contribution is 2.26. The lowest BCUT2D eigenvalue weighted by Gasteiger charge is -2.31. The van der Waals surface area contributed by atoms with Crippen molar-refractivity contribution >= 4 is 28.3 Å². The van der Waals surface area contributed by atoms with Crippen molar-refractivity contribution in [2.75, 3.05) is 19.6 Å². The van der Waals surface area contributed by atoms with E-state index in [4.69, 9.17) is 5.73 Å². The fourth-order valence-corrected chi connectivity index (χ4v) is 5.96. The average molecular weight is 430 g/mol. The molecule has 1 heterocycles. The van der Waals surface area contributed by atoms with E-state index in [1.165, 1.54) is 6.07 Å². The standard InChI is InChI=1S/C20H31N3O3S.ClH/c1-15-9-10-16(20(24)22-18-8-4-3-7-17(18)14-21)13-19(15)27(25,26)23-11-5-2-6-12-23;/h9-10,13,17-18H,2-8,11-12,14,21H2,1H3,(H,22,24);1H. The molecule has 1 aliphatic carbocycles. The van der Waals surface area contributed by atoms with Gasteiger partial charge in [-0.05, 0) is 62.8 Å². The second-order valence-electron chi connectivity index (χ2n) is 7.81. The number of piperidine rings is 1. The third-order valence-corrected chi connectivity index (χ3v) is 7.95. The van der Waals surface area contributed by atoms with Crippen molar-refractivity contribution in [1.82, 2.24) is 9.62 Å². The summed E-state index contributed by atoms with van der Waals surface area (Å²) in [6.07, 6.45) is 7.04. The van der Waals surface area contributed by atoms with Gasteiger partial charge in [-0.1, -0.05) is 25.3 Å². The molecule has 2 unspecified atom stereocenters. The first-order valence-electron chi connectivity index (χ1n) is 10.0. The highest BCUT2D eigenvalue weighted by molar-refractivity contribution is 7.89. The second-order valence-corrected chi connectivity index (χ2v) is 9.71. The van der Waals surface area contributed by atoms with Crippen molar-refractivity contribution in [1.29, 1.82) is 0 Å². The summed E-state index contributed by atoms with van der Waals surface area (Å²) in [5.41, 5.74) is 6.93. The number of rotatable bonds is 5. The van der Waals surface area contributed by atoms with Crippen molar-refractivity contribution in [2.24, 2.45) is 11.7 Å². The fraction of sp³-hybridized carbons (Fsp3) is 0.650. The summed E-state index contributed by atoms with van der Waals surface area (Å²) in [6, 6.07) is 5.04. The third kappa shape index (κ3) is 5.06. The number of halogens is 1. The first kappa shape index (κ1) is 23.1. The van der Waals surface area contributed by atoms with Crippen LogP contribution in [-0.4, -0.2) is 44.3 Å². The van der Waals surface area contributed by atoms with Crippen LogP contribution in [-0.2, 0) is 10.0 Å². The van der Waals surface area contributed by atoms with Gasteiger partial charge in [-0.25, -0.2) is 8.42 Å². The maximum atomic E-state index is 13.0. The minimum atomic E-state index is -3.56. The molecule has 0 bridgehead atoms. The van der Waals surface area contributed by atoms with E-state index in [-0.39, 0.29) is 29.3 Å². The van der Waals surface area contributed by atoms with Gasteiger partial charge < -0.3 is 11.1 Å². The molecule has 2 fully saturated rings. The molecule has 1 saturated heterocycles. The first-order chi connectivity index (χ1) is 12.9. The van der Waals surface area contributed by atoms with Crippen LogP contribution in [0, 0.1) is 12.8 Å². The number of nitrogens with zero attached hydrogens (tertiary/aromatic N) is 1. The van der Waals surface area contributed by atoms with Crippen molar-refractivity contribution < 1.29 is 13.2 Å². The largest absolute Gasteiger partial charge is 0.349 e. The lowest BCUT2D eigenvalue weighted by Crippen LogP contribution is -2.44. The molecular weight excluding hydrogens is 398 g/mol. The van der Waals surface area contributed by atoms with Crippen LogP contribution in [0.2, 0.25) is 0 Å². The van der Waals surface area contributed by atoms with Crippen LogP contribution in [0.4, 0.5) is 0 Å². The van der Waals surface area contributed by atoms with Crippen LogP contribution in [0.1, 0.15) is 60.9 Å². The molecule has 1 aromatic carbocycles. The summed E-state index contributed by atoms with van der Waals surface area (Å²) in [5.74, 6) is 0.0835. The summed E-state index contributed by atoms with van der Waals surface area (Å²) in [6.45, 7) is 3.45. The van der Waals surface area contributed by atoms with Crippen molar-refractivity contribution in [3.63, 3.8) is 0 Å². The first-order valence-corrected chi connectivity index (χ1v) is 11.5. The third-order valence-electron chi connectivity index (χ3n) is 5.91. The van der Waals surface area contributed by atoms with Crippen LogP contribution in [0.25, 0.3) is 0 Å². The molecule has 1 saturated carbocycles. The molecule has 28 heavy (non-hydrogen) atoms. The van der Waals surface area contributed by atoms with Gasteiger partial charge in [0.2, 0.25) is 10.0 Å². The lowest BCUT2D eigenvalue weighted by molar-refractivity contribution is 0.0908. The van der Waals surface area contributed by atoms with Gasteiger partial charge in [0, 0.05) is 24.7 Å². The van der Waals surface area contributed by atoms with Gasteiger partial charge in [0.1, 0.15) is 0 Å². The Labute approximate surface area is 174 Å².